The first-order valence-electron chi connectivity index (χ1n) is 6.28. The third-order valence-electron chi connectivity index (χ3n) is 2.61. The third-order valence-corrected chi connectivity index (χ3v) is 3.40. The molecule has 112 valence electrons. The summed E-state index contributed by atoms with van der Waals surface area (Å²) in [5, 5.41) is 0.491. The van der Waals surface area contributed by atoms with Crippen molar-refractivity contribution in [3.8, 4) is 5.75 Å². The SMILES string of the molecule is CC(C)CC(C)(COc1ccc(Br)cc1Cl)OC(N)=O. The smallest absolute Gasteiger partial charge is 0.405 e. The topological polar surface area (TPSA) is 61.6 Å². The lowest BCUT2D eigenvalue weighted by molar-refractivity contribution is -0.0186. The van der Waals surface area contributed by atoms with Gasteiger partial charge in [-0.1, -0.05) is 41.4 Å². The summed E-state index contributed by atoms with van der Waals surface area (Å²) in [7, 11) is 0. The van der Waals surface area contributed by atoms with E-state index < -0.39 is 11.7 Å². The van der Waals surface area contributed by atoms with Gasteiger partial charge in [-0.2, -0.15) is 0 Å². The number of nitrogens with two attached hydrogens (primary N) is 1. The Bertz CT molecular complexity index is 481. The molecule has 20 heavy (non-hydrogen) atoms. The van der Waals surface area contributed by atoms with Crippen molar-refractivity contribution in [1.82, 2.24) is 0 Å². The van der Waals surface area contributed by atoms with E-state index in [9.17, 15) is 4.79 Å². The van der Waals surface area contributed by atoms with E-state index in [1.807, 2.05) is 19.9 Å². The fraction of sp³-hybridized carbons (Fsp3) is 0.500. The van der Waals surface area contributed by atoms with Crippen LogP contribution in [0.5, 0.6) is 5.75 Å². The molecule has 0 radical (unpaired) electrons. The van der Waals surface area contributed by atoms with Gasteiger partial charge in [-0.05, 0) is 37.5 Å². The average Bonchev–Trinajstić information content (AvgIpc) is 2.25. The number of halogens is 2. The molecule has 0 spiro atoms. The Kier molecular flexibility index (Phi) is 6.14. The largest absolute Gasteiger partial charge is 0.488 e. The molecule has 2 N–H and O–H groups in total. The molecule has 0 heterocycles. The first-order valence-corrected chi connectivity index (χ1v) is 7.45. The van der Waals surface area contributed by atoms with Crippen LogP contribution in [0.2, 0.25) is 5.02 Å². The second-order valence-electron chi connectivity index (χ2n) is 5.33. The molecular formula is C14H19BrClNO3. The molecule has 1 aromatic carbocycles. The van der Waals surface area contributed by atoms with Gasteiger partial charge in [-0.25, -0.2) is 4.79 Å². The number of carbonyl (C=O) groups excluding carboxylic acids is 1. The van der Waals surface area contributed by atoms with Gasteiger partial charge in [0, 0.05) is 4.47 Å². The van der Waals surface area contributed by atoms with E-state index in [2.05, 4.69) is 15.9 Å². The number of ether oxygens (including phenoxy) is 2. The second kappa shape index (κ2) is 7.18. The van der Waals surface area contributed by atoms with Crippen molar-refractivity contribution >= 4 is 33.6 Å². The quantitative estimate of drug-likeness (QED) is 0.814. The van der Waals surface area contributed by atoms with Crippen LogP contribution in [0.4, 0.5) is 4.79 Å². The van der Waals surface area contributed by atoms with E-state index >= 15 is 0 Å². The number of hydrogen-bond donors (Lipinski definition) is 1. The zero-order valence-electron chi connectivity index (χ0n) is 11.8. The number of carbonyl (C=O) groups is 1. The van der Waals surface area contributed by atoms with Crippen LogP contribution in [0.3, 0.4) is 0 Å². The fourth-order valence-electron chi connectivity index (χ4n) is 2.06. The van der Waals surface area contributed by atoms with Crippen LogP contribution in [-0.2, 0) is 4.74 Å². The predicted molar refractivity (Wildman–Crippen MR) is 83.2 cm³/mol. The summed E-state index contributed by atoms with van der Waals surface area (Å²) in [6.45, 7) is 6.06. The van der Waals surface area contributed by atoms with Crippen molar-refractivity contribution in [2.24, 2.45) is 11.7 Å². The molecule has 0 aliphatic carbocycles. The number of amides is 1. The standard InChI is InChI=1S/C14H19BrClNO3/c1-9(2)7-14(3,20-13(17)18)8-19-12-5-4-10(15)6-11(12)16/h4-6,9H,7-8H2,1-3H3,(H2,17,18). The van der Waals surface area contributed by atoms with Crippen molar-refractivity contribution in [3.05, 3.63) is 27.7 Å². The maximum absolute atomic E-state index is 11.0. The van der Waals surface area contributed by atoms with Gasteiger partial charge in [-0.15, -0.1) is 0 Å². The van der Waals surface area contributed by atoms with E-state index in [4.69, 9.17) is 26.8 Å². The van der Waals surface area contributed by atoms with E-state index in [1.54, 1.807) is 19.1 Å². The molecule has 1 amide bonds. The highest BCUT2D eigenvalue weighted by Gasteiger charge is 2.30. The summed E-state index contributed by atoms with van der Waals surface area (Å²) < 4.78 is 11.7. The van der Waals surface area contributed by atoms with Gasteiger partial charge < -0.3 is 15.2 Å². The Morgan fingerprint density at radius 1 is 1.50 bits per heavy atom. The van der Waals surface area contributed by atoms with Gasteiger partial charge in [0.1, 0.15) is 18.0 Å². The highest BCUT2D eigenvalue weighted by Crippen LogP contribution is 2.30. The molecule has 0 bridgehead atoms. The van der Waals surface area contributed by atoms with E-state index in [1.165, 1.54) is 0 Å². The lowest BCUT2D eigenvalue weighted by Gasteiger charge is -2.30. The van der Waals surface area contributed by atoms with Gasteiger partial charge in [0.2, 0.25) is 0 Å². The summed E-state index contributed by atoms with van der Waals surface area (Å²) in [6, 6.07) is 5.33. The number of benzene rings is 1. The van der Waals surface area contributed by atoms with Crippen molar-refractivity contribution in [2.45, 2.75) is 32.8 Å². The monoisotopic (exact) mass is 363 g/mol. The summed E-state index contributed by atoms with van der Waals surface area (Å²) >= 11 is 9.41. The molecule has 1 aromatic rings. The van der Waals surface area contributed by atoms with Crippen molar-refractivity contribution < 1.29 is 14.3 Å². The van der Waals surface area contributed by atoms with Gasteiger partial charge >= 0.3 is 6.09 Å². The summed E-state index contributed by atoms with van der Waals surface area (Å²) in [5.74, 6) is 0.876. The summed E-state index contributed by atoms with van der Waals surface area (Å²) in [4.78, 5) is 11.0. The summed E-state index contributed by atoms with van der Waals surface area (Å²) in [6.07, 6.45) is -0.164. The number of rotatable bonds is 6. The van der Waals surface area contributed by atoms with E-state index in [0.29, 0.717) is 23.1 Å². The maximum Gasteiger partial charge on any atom is 0.405 e. The third kappa shape index (κ3) is 5.59. The van der Waals surface area contributed by atoms with Gasteiger partial charge in [0.15, 0.2) is 0 Å². The molecule has 0 saturated carbocycles. The Balaban J connectivity index is 2.77. The number of hydrogen-bond acceptors (Lipinski definition) is 3. The molecule has 1 atom stereocenters. The predicted octanol–water partition coefficient (Wildman–Crippen LogP) is 4.38. The minimum atomic E-state index is -0.807. The van der Waals surface area contributed by atoms with Crippen LogP contribution in [0.1, 0.15) is 27.2 Å². The molecule has 0 fully saturated rings. The minimum absolute atomic E-state index is 0.190. The maximum atomic E-state index is 11.0. The molecule has 0 aliphatic heterocycles. The Labute approximate surface area is 132 Å². The molecule has 0 aliphatic rings. The van der Waals surface area contributed by atoms with Gasteiger partial charge in [0.05, 0.1) is 5.02 Å². The molecule has 1 rings (SSSR count). The Morgan fingerprint density at radius 2 is 2.15 bits per heavy atom. The fourth-order valence-corrected chi connectivity index (χ4v) is 2.79. The van der Waals surface area contributed by atoms with Crippen LogP contribution in [-0.4, -0.2) is 18.3 Å². The normalized spacial score (nSPS) is 13.9. The van der Waals surface area contributed by atoms with Gasteiger partial charge in [-0.3, -0.25) is 0 Å². The van der Waals surface area contributed by atoms with Crippen LogP contribution in [0.15, 0.2) is 22.7 Å². The second-order valence-corrected chi connectivity index (χ2v) is 6.66. The highest BCUT2D eigenvalue weighted by molar-refractivity contribution is 9.10. The first kappa shape index (κ1) is 17.1. The molecule has 1 unspecified atom stereocenters. The van der Waals surface area contributed by atoms with Crippen molar-refractivity contribution in [2.75, 3.05) is 6.61 Å². The lowest BCUT2D eigenvalue weighted by atomic mass is 9.95. The van der Waals surface area contributed by atoms with E-state index in [0.717, 1.165) is 4.47 Å². The highest BCUT2D eigenvalue weighted by atomic mass is 79.9. The van der Waals surface area contributed by atoms with Crippen LogP contribution >= 0.6 is 27.5 Å². The van der Waals surface area contributed by atoms with Gasteiger partial charge in [0.25, 0.3) is 0 Å². The Hall–Kier alpha value is -0.940. The minimum Gasteiger partial charge on any atom is -0.488 e. The first-order chi connectivity index (χ1) is 9.22. The molecule has 0 saturated heterocycles. The van der Waals surface area contributed by atoms with Crippen LogP contribution < -0.4 is 10.5 Å². The van der Waals surface area contributed by atoms with E-state index in [-0.39, 0.29) is 6.61 Å². The zero-order valence-corrected chi connectivity index (χ0v) is 14.1. The Morgan fingerprint density at radius 3 is 2.65 bits per heavy atom. The average molecular weight is 365 g/mol. The molecule has 0 aromatic heterocycles. The zero-order chi connectivity index (χ0) is 15.3. The van der Waals surface area contributed by atoms with Crippen LogP contribution in [0.25, 0.3) is 0 Å². The van der Waals surface area contributed by atoms with Crippen LogP contribution in [0, 0.1) is 5.92 Å². The van der Waals surface area contributed by atoms with Crippen molar-refractivity contribution in [1.29, 1.82) is 0 Å². The number of primary amides is 1. The molecule has 6 heteroatoms. The summed E-state index contributed by atoms with van der Waals surface area (Å²) in [5.41, 5.74) is 4.34. The molecular weight excluding hydrogens is 346 g/mol. The van der Waals surface area contributed by atoms with Crippen molar-refractivity contribution in [3.63, 3.8) is 0 Å². The lowest BCUT2D eigenvalue weighted by Crippen LogP contribution is -2.41. The molecule has 4 nitrogen and oxygen atoms in total.